The Balaban J connectivity index is 1.27. The molecular formula is C55H76N8O7. The van der Waals surface area contributed by atoms with Gasteiger partial charge in [-0.1, -0.05) is 51.7 Å². The molecule has 15 nitrogen and oxygen atoms in total. The zero-order chi connectivity index (χ0) is 50.7. The number of cyclic esters (lactones) is 1. The number of fused-ring (bicyclic) bond motifs is 6. The first-order chi connectivity index (χ1) is 33.2. The van der Waals surface area contributed by atoms with Gasteiger partial charge in [0.1, 0.15) is 23.4 Å². The van der Waals surface area contributed by atoms with Crippen LogP contribution in [0.15, 0.2) is 47.6 Å². The highest BCUT2D eigenvalue weighted by Crippen LogP contribution is 2.42. The number of methoxy groups -OCH3 is 1. The fraction of sp³-hybridized carbons (Fsp3) is 0.582. The maximum atomic E-state index is 15.1. The molecule has 2 saturated heterocycles. The molecule has 6 bridgehead atoms. The van der Waals surface area contributed by atoms with E-state index >= 15 is 4.79 Å². The standard InChI is InChI=1S/C55H76N8O7/c1-12-62-47-18-17-38-28-43(47)44(49(62)45-31-56-21-19-40(45)33-69-11)30-54(5,6)34-70-52(67)46-16-14-23-63(58-46)53(68)55(7,29-37-25-41(38)27-42(64)26-37)57-50(65)48(35(2)3)60(10)51(66)39-20-24-61(32-39)36(4)15-13-22-59(8)9/h17-18,21,25-28,31,35-36,39-40,46,48,58,64H,12,14,16,19-20,22-24,29-30,32-34H2,1-11H3,(H,57,65)/t36?,39-,40?,46-,48-,55-/m0/s1. The number of aromatic hydroxyl groups is 1. The highest BCUT2D eigenvalue weighted by molar-refractivity contribution is 5.96. The Labute approximate surface area is 415 Å². The average molecular weight is 961 g/mol. The number of phenols is 1. The van der Waals surface area contributed by atoms with Crippen LogP contribution in [0, 0.1) is 35.0 Å². The van der Waals surface area contributed by atoms with Crippen LogP contribution in [0.3, 0.4) is 0 Å². The summed E-state index contributed by atoms with van der Waals surface area (Å²) in [6, 6.07) is 9.93. The molecule has 2 fully saturated rings. The maximum Gasteiger partial charge on any atom is 0.324 e. The lowest BCUT2D eigenvalue weighted by atomic mass is 9.82. The molecule has 378 valence electrons. The molecule has 0 aliphatic carbocycles. The van der Waals surface area contributed by atoms with E-state index in [0.29, 0.717) is 57.5 Å². The summed E-state index contributed by atoms with van der Waals surface area (Å²) < 4.78 is 14.2. The predicted octanol–water partition coefficient (Wildman–Crippen LogP) is 5.91. The maximum absolute atomic E-state index is 15.1. The van der Waals surface area contributed by atoms with Crippen molar-refractivity contribution in [2.24, 2.45) is 28.2 Å². The fourth-order valence-corrected chi connectivity index (χ4v) is 10.9. The van der Waals surface area contributed by atoms with Crippen molar-refractivity contribution in [2.45, 2.75) is 117 Å². The minimum atomic E-state index is -1.60. The number of ether oxygens (including phenoxy) is 2. The van der Waals surface area contributed by atoms with Gasteiger partial charge in [0.05, 0.1) is 37.4 Å². The fourth-order valence-electron chi connectivity index (χ4n) is 10.9. The number of carbonyl (C=O) groups is 4. The van der Waals surface area contributed by atoms with Gasteiger partial charge in [-0.15, -0.1) is 0 Å². The van der Waals surface area contributed by atoms with Crippen LogP contribution in [0.4, 0.5) is 0 Å². The first-order valence-corrected chi connectivity index (χ1v) is 25.1. The van der Waals surface area contributed by atoms with Crippen molar-refractivity contribution >= 4 is 46.4 Å². The molecule has 1 aromatic heterocycles. The number of aliphatic imine (C=N–C) groups is 1. The highest BCUT2D eigenvalue weighted by atomic mass is 16.5. The van der Waals surface area contributed by atoms with Gasteiger partial charge in [0.2, 0.25) is 11.8 Å². The Morgan fingerprint density at radius 1 is 1.04 bits per heavy atom. The first kappa shape index (κ1) is 52.3. The molecule has 3 aromatic rings. The quantitative estimate of drug-likeness (QED) is 0.156. The molecule has 0 spiro atoms. The van der Waals surface area contributed by atoms with Crippen LogP contribution in [0.2, 0.25) is 0 Å². The summed E-state index contributed by atoms with van der Waals surface area (Å²) in [5.74, 6) is 4.48. The lowest BCUT2D eigenvalue weighted by Crippen LogP contribution is -2.67. The number of esters is 1. The molecule has 0 saturated carbocycles. The summed E-state index contributed by atoms with van der Waals surface area (Å²) in [5, 5.41) is 17.1. The van der Waals surface area contributed by atoms with E-state index in [1.165, 1.54) is 5.01 Å². The monoisotopic (exact) mass is 961 g/mol. The molecular weight excluding hydrogens is 885 g/mol. The minimum Gasteiger partial charge on any atom is -0.508 e. The van der Waals surface area contributed by atoms with Crippen molar-refractivity contribution in [1.82, 2.24) is 35.0 Å². The minimum absolute atomic E-state index is 0.00726. The molecule has 4 aliphatic heterocycles. The second-order valence-corrected chi connectivity index (χ2v) is 21.6. The van der Waals surface area contributed by atoms with Gasteiger partial charge >= 0.3 is 5.97 Å². The third-order valence-corrected chi connectivity index (χ3v) is 14.5. The van der Waals surface area contributed by atoms with Crippen LogP contribution in [-0.4, -0.2) is 151 Å². The molecule has 6 atom stereocenters. The van der Waals surface area contributed by atoms with Crippen molar-refractivity contribution < 1.29 is 33.8 Å². The van der Waals surface area contributed by atoms with Gasteiger partial charge in [-0.2, -0.15) is 0 Å². The molecule has 70 heavy (non-hydrogen) atoms. The van der Waals surface area contributed by atoms with Gasteiger partial charge in [-0.3, -0.25) is 39.0 Å². The summed E-state index contributed by atoms with van der Waals surface area (Å²) in [6.45, 7) is 17.4. The highest BCUT2D eigenvalue weighted by Gasteiger charge is 2.45. The van der Waals surface area contributed by atoms with Crippen LogP contribution in [0.5, 0.6) is 5.75 Å². The van der Waals surface area contributed by atoms with E-state index in [4.69, 9.17) is 9.47 Å². The van der Waals surface area contributed by atoms with Gasteiger partial charge < -0.3 is 29.4 Å². The van der Waals surface area contributed by atoms with Crippen LogP contribution in [0.1, 0.15) is 91.0 Å². The number of likely N-dealkylation sites (tertiary alicyclic amines) is 1. The summed E-state index contributed by atoms with van der Waals surface area (Å²) in [4.78, 5) is 68.7. The van der Waals surface area contributed by atoms with Gasteiger partial charge in [0, 0.05) is 87.0 Å². The number of benzene rings is 2. The van der Waals surface area contributed by atoms with Crippen molar-refractivity contribution in [1.29, 1.82) is 0 Å². The Morgan fingerprint density at radius 2 is 1.81 bits per heavy atom. The van der Waals surface area contributed by atoms with Crippen LogP contribution < -0.4 is 10.7 Å². The first-order valence-electron chi connectivity index (χ1n) is 25.1. The third kappa shape index (κ3) is 11.5. The number of likely N-dealkylation sites (N-methyl/N-ethyl adjacent to an activating group) is 1. The van der Waals surface area contributed by atoms with E-state index < -0.39 is 40.8 Å². The number of aromatic nitrogens is 1. The molecule has 3 N–H and O–H groups in total. The molecule has 2 aromatic carbocycles. The van der Waals surface area contributed by atoms with Gasteiger partial charge in [0.15, 0.2) is 0 Å². The molecule has 0 radical (unpaired) electrons. The number of nitrogens with zero attached hydrogens (tertiary/aromatic N) is 6. The smallest absolute Gasteiger partial charge is 0.324 e. The number of rotatable bonds is 11. The van der Waals surface area contributed by atoms with E-state index in [1.807, 2.05) is 51.3 Å². The van der Waals surface area contributed by atoms with E-state index in [1.54, 1.807) is 38.1 Å². The number of hydrogen-bond acceptors (Lipinski definition) is 11. The van der Waals surface area contributed by atoms with E-state index in [-0.39, 0.29) is 55.0 Å². The number of amides is 3. The Bertz CT molecular complexity index is 2570. The third-order valence-electron chi connectivity index (χ3n) is 14.5. The van der Waals surface area contributed by atoms with Crippen LogP contribution in [0.25, 0.3) is 27.6 Å². The largest absolute Gasteiger partial charge is 0.508 e. The molecule has 3 amide bonds. The van der Waals surface area contributed by atoms with Gasteiger partial charge in [0.25, 0.3) is 5.91 Å². The van der Waals surface area contributed by atoms with Crippen LogP contribution in [-0.2, 0) is 48.0 Å². The molecule has 2 unspecified atom stereocenters. The molecule has 7 rings (SSSR count). The van der Waals surface area contributed by atoms with E-state index in [9.17, 15) is 19.5 Å². The second kappa shape index (κ2) is 21.9. The average Bonchev–Trinajstić information content (AvgIpc) is 3.93. The Kier molecular flexibility index (Phi) is 16.3. The van der Waals surface area contributed by atoms with Gasteiger partial charge in [-0.25, -0.2) is 5.43 Å². The number of nitrogens with one attached hydrogen (secondary N) is 2. The summed E-state index contributed by atoms with van der Waals surface area (Å²) in [5.41, 5.74) is 7.62. The van der Waals surface area contributed by atoms with Crippen molar-refractivity contribution in [3.05, 3.63) is 59.4 Å². The van der Waals surface area contributed by atoms with Crippen molar-refractivity contribution in [2.75, 3.05) is 67.6 Å². The van der Waals surface area contributed by atoms with E-state index in [0.717, 1.165) is 51.8 Å². The number of phenolic OH excluding ortho intramolecular Hbond substituents is 1. The molecule has 5 heterocycles. The van der Waals surface area contributed by atoms with E-state index in [2.05, 4.69) is 82.9 Å². The molecule has 4 aliphatic rings. The normalized spacial score (nSPS) is 23.9. The van der Waals surface area contributed by atoms with Gasteiger partial charge in [-0.05, 0) is 119 Å². The summed E-state index contributed by atoms with van der Waals surface area (Å²) >= 11 is 0. The zero-order valence-electron chi connectivity index (χ0n) is 43.4. The van der Waals surface area contributed by atoms with Crippen molar-refractivity contribution in [3.8, 4) is 28.7 Å². The SMILES string of the molecule is CCn1c(C2=CN=CCC2COC)c2c3cc(ccc31)-c1cc(O)cc(c1)C[C@](C)(NC(=O)[C@H](C(C)C)N(C)C(=O)[C@H]1CCN(C(C)C#CCN(C)C)C1)C(=O)N1CCC[C@H](N1)C(=O)OCC(C)(C)C2. The molecule has 15 heteroatoms. The summed E-state index contributed by atoms with van der Waals surface area (Å²) in [6.07, 6.45) is 6.83. The lowest BCUT2D eigenvalue weighted by Gasteiger charge is -2.41. The number of hydrazine groups is 1. The summed E-state index contributed by atoms with van der Waals surface area (Å²) in [7, 11) is 7.35. The lowest BCUT2D eigenvalue weighted by molar-refractivity contribution is -0.157. The number of hydrogen-bond donors (Lipinski definition) is 3. The predicted molar refractivity (Wildman–Crippen MR) is 275 cm³/mol. The zero-order valence-corrected chi connectivity index (χ0v) is 43.4. The number of carbonyl (C=O) groups excluding carboxylic acids is 4. The van der Waals surface area contributed by atoms with Crippen LogP contribution >= 0.6 is 0 Å². The Morgan fingerprint density at radius 3 is 2.53 bits per heavy atom. The van der Waals surface area contributed by atoms with Crippen molar-refractivity contribution in [3.63, 3.8) is 0 Å². The topological polar surface area (TPSA) is 161 Å². The Hall–Kier alpha value is -5.53. The number of aryl methyl sites for hydroxylation is 1. The second-order valence-electron chi connectivity index (χ2n) is 21.6.